The van der Waals surface area contributed by atoms with Crippen molar-refractivity contribution < 1.29 is 9.84 Å². The van der Waals surface area contributed by atoms with E-state index in [1.54, 1.807) is 31.4 Å². The van der Waals surface area contributed by atoms with Gasteiger partial charge in [0, 0.05) is 36.0 Å². The van der Waals surface area contributed by atoms with Crippen molar-refractivity contribution in [2.24, 2.45) is 0 Å². The van der Waals surface area contributed by atoms with Crippen LogP contribution in [0.3, 0.4) is 0 Å². The summed E-state index contributed by atoms with van der Waals surface area (Å²) in [7, 11) is 6.23. The number of hydrogen-bond acceptors (Lipinski definition) is 8. The lowest BCUT2D eigenvalue weighted by molar-refractivity contribution is 0.143. The molecule has 0 atom stereocenters. The molecule has 0 spiro atoms. The van der Waals surface area contributed by atoms with Gasteiger partial charge in [-0.05, 0) is 90.2 Å². The zero-order valence-electron chi connectivity index (χ0n) is 22.4. The molecule has 0 aliphatic carbocycles. The van der Waals surface area contributed by atoms with Gasteiger partial charge in [0.25, 0.3) is 0 Å². The molecule has 0 amide bonds. The number of rotatable bonds is 7. The number of nitrogens with zero attached hydrogens (tertiary/aromatic N) is 4. The average molecular weight is 520 g/mol. The molecule has 8 heteroatoms. The van der Waals surface area contributed by atoms with E-state index in [-0.39, 0.29) is 0 Å². The first kappa shape index (κ1) is 27.1. The zero-order valence-corrected chi connectivity index (χ0v) is 23.2. The van der Waals surface area contributed by atoms with Crippen LogP contribution in [0, 0.1) is 11.8 Å². The predicted octanol–water partition coefficient (Wildman–Crippen LogP) is 4.36. The van der Waals surface area contributed by atoms with Crippen LogP contribution < -0.4 is 10.5 Å². The Morgan fingerprint density at radius 1 is 1.14 bits per heavy atom. The maximum Gasteiger partial charge on any atom is 0.166 e. The summed E-state index contributed by atoms with van der Waals surface area (Å²) in [5, 5.41) is 11.2. The lowest BCUT2D eigenvalue weighted by Crippen LogP contribution is -2.29. The van der Waals surface area contributed by atoms with E-state index in [0.29, 0.717) is 24.1 Å². The van der Waals surface area contributed by atoms with Crippen LogP contribution in [0.5, 0.6) is 5.75 Å². The molecule has 3 N–H and O–H groups in total. The molecule has 0 bridgehead atoms. The van der Waals surface area contributed by atoms with E-state index >= 15 is 0 Å². The molecule has 4 rings (SSSR count). The van der Waals surface area contributed by atoms with Crippen LogP contribution in [0.2, 0.25) is 0 Å². The highest BCUT2D eigenvalue weighted by molar-refractivity contribution is 7.15. The summed E-state index contributed by atoms with van der Waals surface area (Å²) in [6, 6.07) is 8.10. The fourth-order valence-electron chi connectivity index (χ4n) is 4.33. The lowest BCUT2D eigenvalue weighted by Gasteiger charge is -2.27. The van der Waals surface area contributed by atoms with Gasteiger partial charge in [0.15, 0.2) is 11.6 Å². The van der Waals surface area contributed by atoms with Gasteiger partial charge >= 0.3 is 0 Å². The molecule has 2 aromatic heterocycles. The van der Waals surface area contributed by atoms with Crippen molar-refractivity contribution >= 4 is 17.2 Å². The minimum Gasteiger partial charge on any atom is -0.485 e. The highest BCUT2D eigenvalue weighted by Gasteiger charge is 2.21. The Kier molecular flexibility index (Phi) is 8.50. The highest BCUT2D eigenvalue weighted by Crippen LogP contribution is 2.36. The summed E-state index contributed by atoms with van der Waals surface area (Å²) in [6.45, 7) is 6.68. The Morgan fingerprint density at radius 3 is 2.57 bits per heavy atom. The van der Waals surface area contributed by atoms with E-state index in [2.05, 4.69) is 39.7 Å². The molecular weight excluding hydrogens is 482 g/mol. The van der Waals surface area contributed by atoms with Crippen molar-refractivity contribution in [3.8, 4) is 28.0 Å². The quantitative estimate of drug-likeness (QED) is 0.449. The third-order valence-corrected chi connectivity index (χ3v) is 7.43. The number of likely N-dealkylation sites (tertiary alicyclic amines) is 1. The monoisotopic (exact) mass is 519 g/mol. The minimum atomic E-state index is -1.06. The van der Waals surface area contributed by atoms with Gasteiger partial charge in [-0.2, -0.15) is 0 Å². The maximum atomic E-state index is 10.0. The molecular formula is C29H37N5O2S. The van der Waals surface area contributed by atoms with Crippen LogP contribution in [0.15, 0.2) is 36.7 Å². The van der Waals surface area contributed by atoms with Crippen LogP contribution in [0.1, 0.15) is 54.3 Å². The summed E-state index contributed by atoms with van der Waals surface area (Å²) >= 11 is 1.73. The second kappa shape index (κ2) is 11.6. The number of hydrogen-bond donors (Lipinski definition) is 2. The number of pyridine rings is 1. The molecule has 7 nitrogen and oxygen atoms in total. The van der Waals surface area contributed by atoms with Gasteiger partial charge in [0.05, 0.1) is 9.88 Å². The number of nitrogens with two attached hydrogens (primary N) is 1. The van der Waals surface area contributed by atoms with Gasteiger partial charge < -0.3 is 25.4 Å². The van der Waals surface area contributed by atoms with E-state index in [1.165, 1.54) is 5.01 Å². The Morgan fingerprint density at radius 2 is 1.86 bits per heavy atom. The molecule has 0 radical (unpaired) electrons. The summed E-state index contributed by atoms with van der Waals surface area (Å²) in [5.74, 6) is 7.42. The SMILES string of the molecule is CN(C)Cc1cc(C#CC(C)(C)O)cc(COc2cc(-c3cnc(C4CCN(C)CC4)s3)cnc2N)c1. The maximum absolute atomic E-state index is 10.0. The highest BCUT2D eigenvalue weighted by atomic mass is 32.1. The number of thiazole rings is 1. The first-order chi connectivity index (χ1) is 17.6. The van der Waals surface area contributed by atoms with Crippen molar-refractivity contribution in [2.75, 3.05) is 40.0 Å². The van der Waals surface area contributed by atoms with Crippen molar-refractivity contribution in [2.45, 2.75) is 51.4 Å². The Bertz CT molecular complexity index is 1280. The predicted molar refractivity (Wildman–Crippen MR) is 151 cm³/mol. The first-order valence-electron chi connectivity index (χ1n) is 12.6. The molecule has 37 heavy (non-hydrogen) atoms. The van der Waals surface area contributed by atoms with E-state index < -0.39 is 5.60 Å². The summed E-state index contributed by atoms with van der Waals surface area (Å²) in [4.78, 5) is 14.7. The number of anilines is 1. The van der Waals surface area contributed by atoms with E-state index in [1.807, 2.05) is 38.5 Å². The number of aliphatic hydroxyl groups is 1. The van der Waals surface area contributed by atoms with Gasteiger partial charge in [-0.3, -0.25) is 0 Å². The molecule has 0 saturated carbocycles. The van der Waals surface area contributed by atoms with Crippen molar-refractivity contribution in [3.63, 3.8) is 0 Å². The van der Waals surface area contributed by atoms with Crippen molar-refractivity contribution in [3.05, 3.63) is 58.4 Å². The molecule has 1 aliphatic rings. The molecule has 0 unspecified atom stereocenters. The third-order valence-electron chi connectivity index (χ3n) is 6.22. The van der Waals surface area contributed by atoms with Crippen LogP contribution in [-0.4, -0.2) is 64.7 Å². The van der Waals surface area contributed by atoms with E-state index in [9.17, 15) is 5.11 Å². The topological polar surface area (TPSA) is 87.7 Å². The number of ether oxygens (including phenoxy) is 1. The van der Waals surface area contributed by atoms with Crippen LogP contribution in [-0.2, 0) is 13.2 Å². The smallest absolute Gasteiger partial charge is 0.166 e. The van der Waals surface area contributed by atoms with Gasteiger partial charge in [-0.15, -0.1) is 11.3 Å². The second-order valence-corrected chi connectivity index (χ2v) is 11.7. The largest absolute Gasteiger partial charge is 0.485 e. The summed E-state index contributed by atoms with van der Waals surface area (Å²) < 4.78 is 6.16. The van der Waals surface area contributed by atoms with Crippen LogP contribution in [0.25, 0.3) is 10.4 Å². The molecule has 1 aliphatic heterocycles. The summed E-state index contributed by atoms with van der Waals surface area (Å²) in [6.07, 6.45) is 6.02. The minimum absolute atomic E-state index is 0.331. The van der Waals surface area contributed by atoms with Crippen molar-refractivity contribution in [1.29, 1.82) is 0 Å². The number of aromatic nitrogens is 2. The number of piperidine rings is 1. The lowest BCUT2D eigenvalue weighted by atomic mass is 9.98. The standard InChI is InChI=1S/C29H37N5O2S/c1-29(2,35)9-6-20-12-21(18-33(3)4)14-22(13-20)19-36-25-15-24(16-31-27(25)30)26-17-32-28(37-26)23-7-10-34(5)11-8-23/h12-17,23,35H,7-8,10-11,18-19H2,1-5H3,(H2,30,31). The Balaban J connectivity index is 1.52. The molecule has 1 saturated heterocycles. The molecule has 3 heterocycles. The Hall–Kier alpha value is -2.96. The molecule has 1 fully saturated rings. The normalized spacial score (nSPS) is 15.0. The molecule has 196 valence electrons. The van der Waals surface area contributed by atoms with Crippen molar-refractivity contribution in [1.82, 2.24) is 19.8 Å². The van der Waals surface area contributed by atoms with Crippen LogP contribution >= 0.6 is 11.3 Å². The fourth-order valence-corrected chi connectivity index (χ4v) is 5.40. The zero-order chi connectivity index (χ0) is 26.6. The number of benzene rings is 1. The number of nitrogen functional groups attached to an aromatic ring is 1. The molecule has 3 aromatic rings. The Labute approximate surface area is 224 Å². The molecule has 1 aromatic carbocycles. The fraction of sp³-hybridized carbons (Fsp3) is 0.448. The first-order valence-corrected chi connectivity index (χ1v) is 13.4. The average Bonchev–Trinajstić information content (AvgIpc) is 3.32. The second-order valence-electron chi connectivity index (χ2n) is 10.6. The van der Waals surface area contributed by atoms with Gasteiger partial charge in [0.2, 0.25) is 0 Å². The van der Waals surface area contributed by atoms with Gasteiger partial charge in [-0.1, -0.05) is 17.9 Å². The van der Waals surface area contributed by atoms with Gasteiger partial charge in [-0.25, -0.2) is 9.97 Å². The van der Waals surface area contributed by atoms with Crippen LogP contribution in [0.4, 0.5) is 5.82 Å². The third kappa shape index (κ3) is 7.76. The summed E-state index contributed by atoms with van der Waals surface area (Å²) in [5.41, 5.74) is 9.02. The van der Waals surface area contributed by atoms with Gasteiger partial charge in [0.1, 0.15) is 12.2 Å². The van der Waals surface area contributed by atoms with E-state index in [4.69, 9.17) is 15.5 Å². The van der Waals surface area contributed by atoms with E-state index in [0.717, 1.165) is 59.6 Å².